The molecule has 1 aromatic heterocycles. The molecule has 0 saturated heterocycles. The fourth-order valence-corrected chi connectivity index (χ4v) is 2.73. The number of anilines is 2. The molecular weight excluding hydrogens is 256 g/mol. The van der Waals surface area contributed by atoms with Crippen LogP contribution in [0.2, 0.25) is 0 Å². The van der Waals surface area contributed by atoms with Crippen LogP contribution in [-0.4, -0.2) is 15.2 Å². The van der Waals surface area contributed by atoms with Crippen molar-refractivity contribution >= 4 is 11.5 Å². The van der Waals surface area contributed by atoms with Gasteiger partial charge in [-0.2, -0.15) is 0 Å². The Bertz CT molecular complexity index is 594. The fraction of sp³-hybridized carbons (Fsp3) is 0.714. The zero-order valence-corrected chi connectivity index (χ0v) is 12.5. The van der Waals surface area contributed by atoms with Crippen molar-refractivity contribution < 1.29 is 0 Å². The third-order valence-electron chi connectivity index (χ3n) is 3.83. The van der Waals surface area contributed by atoms with Crippen LogP contribution in [0.3, 0.4) is 0 Å². The van der Waals surface area contributed by atoms with E-state index in [0.717, 1.165) is 17.4 Å². The Morgan fingerprint density at radius 2 is 1.90 bits per heavy atom. The van der Waals surface area contributed by atoms with Gasteiger partial charge in [0, 0.05) is 19.6 Å². The molecule has 20 heavy (non-hydrogen) atoms. The lowest BCUT2D eigenvalue weighted by molar-refractivity contribution is 0.494. The first-order chi connectivity index (χ1) is 9.41. The molecule has 1 saturated carbocycles. The van der Waals surface area contributed by atoms with E-state index in [1.807, 2.05) is 13.8 Å². The van der Waals surface area contributed by atoms with Gasteiger partial charge in [-0.25, -0.2) is 4.79 Å². The molecule has 0 aliphatic heterocycles. The van der Waals surface area contributed by atoms with Gasteiger partial charge in [0.2, 0.25) is 0 Å². The van der Waals surface area contributed by atoms with Crippen LogP contribution in [0.4, 0.5) is 11.5 Å². The Balaban J connectivity index is 2.47. The minimum absolute atomic E-state index is 0.263. The molecule has 1 aliphatic carbocycles. The van der Waals surface area contributed by atoms with Crippen molar-refractivity contribution in [2.24, 2.45) is 13.0 Å². The smallest absolute Gasteiger partial charge is 0.332 e. The average molecular weight is 280 g/mol. The third kappa shape index (κ3) is 2.73. The van der Waals surface area contributed by atoms with E-state index in [1.54, 1.807) is 0 Å². The number of hydrogen-bond acceptors (Lipinski definition) is 4. The molecule has 6 nitrogen and oxygen atoms in total. The first kappa shape index (κ1) is 14.7. The van der Waals surface area contributed by atoms with Crippen molar-refractivity contribution in [2.45, 2.75) is 52.1 Å². The monoisotopic (exact) mass is 280 g/mol. The number of aromatic nitrogens is 2. The molecule has 1 aliphatic rings. The summed E-state index contributed by atoms with van der Waals surface area (Å²) in [5, 5.41) is 3.24. The number of nitrogens with one attached hydrogen (secondary N) is 1. The van der Waals surface area contributed by atoms with Gasteiger partial charge >= 0.3 is 5.69 Å². The number of nitrogens with two attached hydrogens (primary N) is 1. The molecule has 0 unspecified atom stereocenters. The highest BCUT2D eigenvalue weighted by Gasteiger charge is 2.21. The zero-order chi connectivity index (χ0) is 14.9. The van der Waals surface area contributed by atoms with Crippen molar-refractivity contribution in [3.05, 3.63) is 20.8 Å². The van der Waals surface area contributed by atoms with E-state index in [-0.39, 0.29) is 29.0 Å². The second-order valence-electron chi connectivity index (χ2n) is 6.04. The molecule has 0 atom stereocenters. The van der Waals surface area contributed by atoms with Crippen LogP contribution >= 0.6 is 0 Å². The normalized spacial score (nSPS) is 16.0. The highest BCUT2D eigenvalue weighted by atomic mass is 16.2. The van der Waals surface area contributed by atoms with Crippen LogP contribution in [0.5, 0.6) is 0 Å². The summed E-state index contributed by atoms with van der Waals surface area (Å²) in [4.78, 5) is 24.4. The largest absolute Gasteiger partial charge is 0.383 e. The number of hydrogen-bond donors (Lipinski definition) is 2. The summed E-state index contributed by atoms with van der Waals surface area (Å²) in [5.41, 5.74) is 5.76. The number of nitrogens with zero attached hydrogens (tertiary/aromatic N) is 2. The molecule has 1 aromatic rings. The fourth-order valence-electron chi connectivity index (χ4n) is 2.73. The van der Waals surface area contributed by atoms with Gasteiger partial charge < -0.3 is 11.1 Å². The van der Waals surface area contributed by atoms with E-state index < -0.39 is 0 Å². The minimum Gasteiger partial charge on any atom is -0.383 e. The minimum atomic E-state index is -0.349. The van der Waals surface area contributed by atoms with Crippen molar-refractivity contribution in [3.8, 4) is 0 Å². The van der Waals surface area contributed by atoms with Crippen LogP contribution in [-0.2, 0) is 13.6 Å². The second kappa shape index (κ2) is 5.73. The van der Waals surface area contributed by atoms with Gasteiger partial charge in [0.25, 0.3) is 5.56 Å². The summed E-state index contributed by atoms with van der Waals surface area (Å²) < 4.78 is 2.62. The lowest BCUT2D eigenvalue weighted by Crippen LogP contribution is -2.42. The van der Waals surface area contributed by atoms with Gasteiger partial charge in [0.15, 0.2) is 0 Å². The second-order valence-corrected chi connectivity index (χ2v) is 6.04. The van der Waals surface area contributed by atoms with Gasteiger partial charge in [-0.1, -0.05) is 26.7 Å². The van der Waals surface area contributed by atoms with Gasteiger partial charge in [-0.05, 0) is 18.8 Å². The summed E-state index contributed by atoms with van der Waals surface area (Å²) >= 11 is 0. The number of nitrogen functional groups attached to an aromatic ring is 1. The van der Waals surface area contributed by atoms with E-state index >= 15 is 0 Å². The average Bonchev–Trinajstić information content (AvgIpc) is 2.90. The topological polar surface area (TPSA) is 82.0 Å². The molecule has 0 aromatic carbocycles. The van der Waals surface area contributed by atoms with E-state index in [0.29, 0.717) is 12.2 Å². The predicted octanol–water partition coefficient (Wildman–Crippen LogP) is 1.14. The van der Waals surface area contributed by atoms with E-state index in [2.05, 4.69) is 5.32 Å². The quantitative estimate of drug-likeness (QED) is 0.866. The zero-order valence-electron chi connectivity index (χ0n) is 12.5. The van der Waals surface area contributed by atoms with Crippen LogP contribution in [0.25, 0.3) is 0 Å². The Hall–Kier alpha value is -1.72. The molecule has 3 N–H and O–H groups in total. The number of rotatable bonds is 4. The molecule has 0 bridgehead atoms. The lowest BCUT2D eigenvalue weighted by atomic mass is 10.2. The molecular formula is C14H24N4O2. The van der Waals surface area contributed by atoms with Crippen molar-refractivity contribution in [1.29, 1.82) is 0 Å². The highest BCUT2D eigenvalue weighted by Crippen LogP contribution is 2.23. The van der Waals surface area contributed by atoms with Gasteiger partial charge in [0.05, 0.1) is 0 Å². The maximum atomic E-state index is 12.2. The van der Waals surface area contributed by atoms with Gasteiger partial charge in [-0.3, -0.25) is 13.9 Å². The molecule has 0 amide bonds. The first-order valence-corrected chi connectivity index (χ1v) is 7.27. The van der Waals surface area contributed by atoms with E-state index in [4.69, 9.17) is 5.73 Å². The van der Waals surface area contributed by atoms with Crippen molar-refractivity contribution in [3.63, 3.8) is 0 Å². The third-order valence-corrected chi connectivity index (χ3v) is 3.83. The molecule has 6 heteroatoms. The molecule has 1 fully saturated rings. The summed E-state index contributed by atoms with van der Waals surface area (Å²) in [6.07, 6.45) is 4.44. The summed E-state index contributed by atoms with van der Waals surface area (Å²) in [6, 6.07) is 0.287. The van der Waals surface area contributed by atoms with Crippen LogP contribution in [0.15, 0.2) is 9.59 Å². The lowest BCUT2D eigenvalue weighted by Gasteiger charge is -2.19. The van der Waals surface area contributed by atoms with Crippen LogP contribution < -0.4 is 22.3 Å². The SMILES string of the molecule is CC(C)Cn1c(N)c(NC2CCCC2)c(=O)n(C)c1=O. The highest BCUT2D eigenvalue weighted by molar-refractivity contribution is 5.61. The maximum absolute atomic E-state index is 12.2. The van der Waals surface area contributed by atoms with Gasteiger partial charge in [-0.15, -0.1) is 0 Å². The summed E-state index contributed by atoms with van der Waals surface area (Å²) in [5.74, 6) is 0.547. The molecule has 0 radical (unpaired) electrons. The summed E-state index contributed by atoms with van der Waals surface area (Å²) in [6.45, 7) is 4.54. The Kier molecular flexibility index (Phi) is 4.20. The Morgan fingerprint density at radius 1 is 1.30 bits per heavy atom. The van der Waals surface area contributed by atoms with Crippen LogP contribution in [0.1, 0.15) is 39.5 Å². The molecule has 1 heterocycles. The Morgan fingerprint density at radius 3 is 2.45 bits per heavy atom. The van der Waals surface area contributed by atoms with Crippen molar-refractivity contribution in [1.82, 2.24) is 9.13 Å². The maximum Gasteiger partial charge on any atom is 0.332 e. The van der Waals surface area contributed by atoms with Crippen LogP contribution in [0, 0.1) is 5.92 Å². The standard InChI is InChI=1S/C14H24N4O2/c1-9(2)8-18-12(15)11(13(19)17(3)14(18)20)16-10-6-4-5-7-10/h9-10,16H,4-8,15H2,1-3H3. The van der Waals surface area contributed by atoms with E-state index in [1.165, 1.54) is 24.5 Å². The van der Waals surface area contributed by atoms with Gasteiger partial charge in [0.1, 0.15) is 11.5 Å². The Labute approximate surface area is 118 Å². The van der Waals surface area contributed by atoms with Crippen molar-refractivity contribution in [2.75, 3.05) is 11.1 Å². The molecule has 2 rings (SSSR count). The van der Waals surface area contributed by atoms with E-state index in [9.17, 15) is 9.59 Å². The first-order valence-electron chi connectivity index (χ1n) is 7.27. The molecule has 112 valence electrons. The molecule has 0 spiro atoms. The predicted molar refractivity (Wildman–Crippen MR) is 81.1 cm³/mol. The summed E-state index contributed by atoms with van der Waals surface area (Å²) in [7, 11) is 1.50.